The Balaban J connectivity index is 1.75. The Morgan fingerprint density at radius 2 is 1.90 bits per heavy atom. The molecule has 3 aromatic heterocycles. The number of benzene rings is 1. The molecule has 7 heteroatoms. The van der Waals surface area contributed by atoms with Gasteiger partial charge in [-0.3, -0.25) is 9.67 Å². The molecule has 0 saturated heterocycles. The lowest BCUT2D eigenvalue weighted by Crippen LogP contribution is -2.15. The summed E-state index contributed by atoms with van der Waals surface area (Å²) in [5, 5.41) is 4.31. The van der Waals surface area contributed by atoms with E-state index in [9.17, 15) is 8.78 Å². The highest BCUT2D eigenvalue weighted by Gasteiger charge is 2.17. The molecule has 4 rings (SSSR count). The molecular weight excluding hydrogens is 372 g/mol. The molecule has 0 radical (unpaired) electrons. The van der Waals surface area contributed by atoms with Crippen LogP contribution in [-0.4, -0.2) is 30.0 Å². The van der Waals surface area contributed by atoms with E-state index in [1.165, 1.54) is 12.3 Å². The van der Waals surface area contributed by atoms with Gasteiger partial charge in [-0.1, -0.05) is 6.07 Å². The van der Waals surface area contributed by atoms with Gasteiger partial charge in [0.1, 0.15) is 17.3 Å². The molecule has 0 spiro atoms. The van der Waals surface area contributed by atoms with Crippen LogP contribution < -0.4 is 0 Å². The molecule has 1 aromatic carbocycles. The van der Waals surface area contributed by atoms with Crippen molar-refractivity contribution >= 4 is 11.0 Å². The summed E-state index contributed by atoms with van der Waals surface area (Å²) < 4.78 is 31.5. The lowest BCUT2D eigenvalue weighted by atomic mass is 10.0. The molecule has 0 bridgehead atoms. The first-order valence-corrected chi connectivity index (χ1v) is 9.52. The van der Waals surface area contributed by atoms with Crippen LogP contribution >= 0.6 is 0 Å². The molecule has 0 aliphatic rings. The van der Waals surface area contributed by atoms with Crippen LogP contribution in [0.15, 0.2) is 42.9 Å². The summed E-state index contributed by atoms with van der Waals surface area (Å²) in [6, 6.07) is 7.37. The zero-order valence-electron chi connectivity index (χ0n) is 16.9. The molecule has 0 atom stereocenters. The molecule has 0 aliphatic carbocycles. The molecule has 4 aromatic rings. The summed E-state index contributed by atoms with van der Waals surface area (Å²) in [4.78, 5) is 8.93. The number of hydrogen-bond acceptors (Lipinski definition) is 3. The normalized spacial score (nSPS) is 12.1. The first kappa shape index (κ1) is 19.2. The van der Waals surface area contributed by atoms with Gasteiger partial charge >= 0.3 is 0 Å². The number of aryl methyl sites for hydroxylation is 3. The zero-order valence-corrected chi connectivity index (χ0v) is 16.9. The predicted molar refractivity (Wildman–Crippen MR) is 110 cm³/mol. The predicted octanol–water partition coefficient (Wildman–Crippen LogP) is 5.08. The second-order valence-electron chi connectivity index (χ2n) is 7.93. The number of imidazole rings is 1. The number of aromatic nitrogens is 5. The minimum Gasteiger partial charge on any atom is -0.331 e. The number of hydrogen-bond donors (Lipinski definition) is 0. The average Bonchev–Trinajstić information content (AvgIpc) is 3.24. The van der Waals surface area contributed by atoms with Gasteiger partial charge in [-0.05, 0) is 39.0 Å². The van der Waals surface area contributed by atoms with Crippen molar-refractivity contribution in [3.63, 3.8) is 0 Å². The minimum atomic E-state index is -1.27. The van der Waals surface area contributed by atoms with E-state index in [1.807, 2.05) is 36.7 Å². The van der Waals surface area contributed by atoms with Gasteiger partial charge in [0.15, 0.2) is 0 Å². The van der Waals surface area contributed by atoms with Gasteiger partial charge in [-0.15, -0.1) is 0 Å². The van der Waals surface area contributed by atoms with E-state index in [0.717, 1.165) is 28.0 Å². The van der Waals surface area contributed by atoms with E-state index in [2.05, 4.69) is 15.1 Å². The molecule has 29 heavy (non-hydrogen) atoms. The number of rotatable bonds is 5. The third kappa shape index (κ3) is 3.90. The second-order valence-corrected chi connectivity index (χ2v) is 7.93. The first-order chi connectivity index (χ1) is 13.7. The second kappa shape index (κ2) is 7.06. The van der Waals surface area contributed by atoms with Crippen LogP contribution in [0.2, 0.25) is 0 Å². The van der Waals surface area contributed by atoms with Crippen LogP contribution in [0.1, 0.15) is 26.1 Å². The maximum Gasteiger partial charge on any atom is 0.142 e. The molecule has 5 nitrogen and oxygen atoms in total. The molecule has 0 amide bonds. The zero-order chi connectivity index (χ0) is 20.8. The van der Waals surface area contributed by atoms with E-state index < -0.39 is 11.5 Å². The Kier molecular flexibility index (Phi) is 4.68. The molecule has 0 fully saturated rings. The van der Waals surface area contributed by atoms with Gasteiger partial charge in [0.2, 0.25) is 0 Å². The molecule has 0 saturated carbocycles. The third-order valence-corrected chi connectivity index (χ3v) is 5.11. The smallest absolute Gasteiger partial charge is 0.142 e. The summed E-state index contributed by atoms with van der Waals surface area (Å²) in [7, 11) is 1.97. The van der Waals surface area contributed by atoms with Gasteiger partial charge in [0.05, 0.1) is 29.1 Å². The van der Waals surface area contributed by atoms with Crippen molar-refractivity contribution < 1.29 is 8.78 Å². The van der Waals surface area contributed by atoms with Gasteiger partial charge in [-0.25, -0.2) is 13.8 Å². The van der Waals surface area contributed by atoms with E-state index in [1.54, 1.807) is 30.9 Å². The van der Waals surface area contributed by atoms with Crippen LogP contribution in [0.25, 0.3) is 33.4 Å². The van der Waals surface area contributed by atoms with E-state index in [-0.39, 0.29) is 0 Å². The summed E-state index contributed by atoms with van der Waals surface area (Å²) in [6.45, 7) is 5.48. The lowest BCUT2D eigenvalue weighted by molar-refractivity contribution is 0.190. The average molecular weight is 395 g/mol. The molecule has 3 heterocycles. The Bertz CT molecular complexity index is 1180. The number of pyridine rings is 1. The Labute approximate surface area is 168 Å². The van der Waals surface area contributed by atoms with Crippen molar-refractivity contribution in [3.05, 3.63) is 54.5 Å². The highest BCUT2D eigenvalue weighted by molar-refractivity contribution is 5.86. The van der Waals surface area contributed by atoms with Crippen LogP contribution in [-0.2, 0) is 13.6 Å². The van der Waals surface area contributed by atoms with E-state index >= 15 is 0 Å². The fourth-order valence-corrected chi connectivity index (χ4v) is 3.36. The van der Waals surface area contributed by atoms with Crippen molar-refractivity contribution in [2.45, 2.75) is 39.4 Å². The molecule has 0 N–H and O–H groups in total. The number of halogens is 2. The number of fused-ring (bicyclic) bond motifs is 1. The Hall–Kier alpha value is -3.09. The van der Waals surface area contributed by atoms with Crippen LogP contribution in [0.5, 0.6) is 0 Å². The summed E-state index contributed by atoms with van der Waals surface area (Å²) in [5.74, 6) is 0.498. The fraction of sp³-hybridized carbons (Fsp3) is 0.318. The van der Waals surface area contributed by atoms with Crippen LogP contribution in [0.4, 0.5) is 8.78 Å². The monoisotopic (exact) mass is 395 g/mol. The highest BCUT2D eigenvalue weighted by Crippen LogP contribution is 2.32. The molecular formula is C22H23F2N5. The van der Waals surface area contributed by atoms with Crippen molar-refractivity contribution in [1.29, 1.82) is 0 Å². The maximum atomic E-state index is 14.0. The van der Waals surface area contributed by atoms with E-state index in [4.69, 9.17) is 0 Å². The quantitative estimate of drug-likeness (QED) is 0.473. The van der Waals surface area contributed by atoms with Gasteiger partial charge in [0.25, 0.3) is 0 Å². The Morgan fingerprint density at radius 1 is 1.10 bits per heavy atom. The topological polar surface area (TPSA) is 48.5 Å². The molecule has 0 aliphatic heterocycles. The van der Waals surface area contributed by atoms with Crippen LogP contribution in [0, 0.1) is 12.7 Å². The molecule has 150 valence electrons. The van der Waals surface area contributed by atoms with Crippen LogP contribution in [0.3, 0.4) is 0 Å². The Morgan fingerprint density at radius 3 is 2.66 bits per heavy atom. The third-order valence-electron chi connectivity index (χ3n) is 5.11. The lowest BCUT2D eigenvalue weighted by Gasteiger charge is -2.13. The van der Waals surface area contributed by atoms with Gasteiger partial charge < -0.3 is 4.57 Å². The largest absolute Gasteiger partial charge is 0.331 e. The van der Waals surface area contributed by atoms with Crippen molar-refractivity contribution in [2.24, 2.45) is 7.05 Å². The number of nitrogens with zero attached hydrogens (tertiary/aromatic N) is 5. The number of alkyl halides is 1. The van der Waals surface area contributed by atoms with Crippen molar-refractivity contribution in [3.8, 4) is 22.4 Å². The van der Waals surface area contributed by atoms with Gasteiger partial charge in [-0.2, -0.15) is 5.10 Å². The SMILES string of the molecule is Cc1nc2cc(-c3ncc(F)cc3-c3cnn(CCC(C)(C)F)c3)ccc2n1C. The maximum absolute atomic E-state index is 14.0. The fourth-order valence-electron chi connectivity index (χ4n) is 3.36. The highest BCUT2D eigenvalue weighted by atomic mass is 19.1. The van der Waals surface area contributed by atoms with Crippen molar-refractivity contribution in [1.82, 2.24) is 24.3 Å². The summed E-state index contributed by atoms with van der Waals surface area (Å²) in [6.07, 6.45) is 5.02. The van der Waals surface area contributed by atoms with Gasteiger partial charge in [0, 0.05) is 42.9 Å². The summed E-state index contributed by atoms with van der Waals surface area (Å²) >= 11 is 0. The standard InChI is InChI=1S/C22H23F2N5/c1-14-27-19-9-15(5-6-20(19)28(14)4)21-18(10-17(23)12-25-21)16-11-26-29(13-16)8-7-22(2,3)24/h5-6,9-13H,7-8H2,1-4H3. The minimum absolute atomic E-state index is 0.345. The van der Waals surface area contributed by atoms with E-state index in [0.29, 0.717) is 24.2 Å². The first-order valence-electron chi connectivity index (χ1n) is 9.52. The summed E-state index contributed by atoms with van der Waals surface area (Å²) in [5.41, 5.74) is 3.50. The van der Waals surface area contributed by atoms with Crippen molar-refractivity contribution in [2.75, 3.05) is 0 Å². The molecule has 0 unspecified atom stereocenters.